The van der Waals surface area contributed by atoms with Crippen molar-refractivity contribution >= 4 is 22.6 Å². The first kappa shape index (κ1) is 8.66. The molecule has 0 aliphatic heterocycles. The van der Waals surface area contributed by atoms with Crippen molar-refractivity contribution < 1.29 is 4.92 Å². The van der Waals surface area contributed by atoms with Crippen molar-refractivity contribution in [2.45, 2.75) is 0 Å². The van der Waals surface area contributed by atoms with E-state index in [0.717, 1.165) is 16.2 Å². The molecule has 0 spiro atoms. The van der Waals surface area contributed by atoms with Crippen LogP contribution in [0.4, 0.5) is 5.00 Å². The molecule has 5 nitrogen and oxygen atoms in total. The maximum atomic E-state index is 10.2. The number of hydrazone groups is 1. The fourth-order valence-corrected chi connectivity index (χ4v) is 1.33. The molecule has 1 heterocycles. The summed E-state index contributed by atoms with van der Waals surface area (Å²) in [6.07, 6.45) is 1.54. The van der Waals surface area contributed by atoms with E-state index >= 15 is 0 Å². The highest BCUT2D eigenvalue weighted by Crippen LogP contribution is 2.22. The van der Waals surface area contributed by atoms with Crippen LogP contribution in [-0.4, -0.2) is 18.2 Å². The number of thiophene rings is 1. The van der Waals surface area contributed by atoms with Gasteiger partial charge in [-0.15, -0.1) is 0 Å². The van der Waals surface area contributed by atoms with Crippen LogP contribution in [0.15, 0.2) is 17.2 Å². The lowest BCUT2D eigenvalue weighted by Crippen LogP contribution is -1.93. The van der Waals surface area contributed by atoms with Crippen LogP contribution in [0.5, 0.6) is 0 Å². The average molecular weight is 185 g/mol. The molecular formula is C6H7N3O2S. The van der Waals surface area contributed by atoms with Crippen molar-refractivity contribution in [1.82, 2.24) is 5.43 Å². The summed E-state index contributed by atoms with van der Waals surface area (Å²) in [7, 11) is 1.67. The molecule has 0 amide bonds. The van der Waals surface area contributed by atoms with Crippen molar-refractivity contribution in [2.75, 3.05) is 7.05 Å². The SMILES string of the molecule is CN/N=C\c1ccc([N+](=O)[O-])s1. The third kappa shape index (κ3) is 2.03. The summed E-state index contributed by atoms with van der Waals surface area (Å²) in [5.41, 5.74) is 2.56. The molecule has 0 bridgehead atoms. The Labute approximate surface area is 72.9 Å². The quantitative estimate of drug-likeness (QED) is 0.437. The lowest BCUT2D eigenvalue weighted by atomic mass is 10.5. The minimum absolute atomic E-state index is 0.132. The zero-order chi connectivity index (χ0) is 8.97. The minimum atomic E-state index is -0.415. The Morgan fingerprint density at radius 1 is 1.75 bits per heavy atom. The fourth-order valence-electron chi connectivity index (χ4n) is 0.638. The number of rotatable bonds is 3. The van der Waals surface area contributed by atoms with Gasteiger partial charge >= 0.3 is 5.00 Å². The molecule has 0 aromatic carbocycles. The average Bonchev–Trinajstić information content (AvgIpc) is 2.48. The van der Waals surface area contributed by atoms with Crippen molar-refractivity contribution in [2.24, 2.45) is 5.10 Å². The second kappa shape index (κ2) is 3.82. The van der Waals surface area contributed by atoms with Crippen LogP contribution < -0.4 is 5.43 Å². The van der Waals surface area contributed by atoms with Gasteiger partial charge in [0.05, 0.1) is 16.0 Å². The van der Waals surface area contributed by atoms with E-state index in [-0.39, 0.29) is 5.00 Å². The second-order valence-electron chi connectivity index (χ2n) is 1.91. The number of nitrogens with zero attached hydrogens (tertiary/aromatic N) is 2. The van der Waals surface area contributed by atoms with Crippen LogP contribution in [-0.2, 0) is 0 Å². The predicted octanol–water partition coefficient (Wildman–Crippen LogP) is 1.21. The Hall–Kier alpha value is -1.43. The molecule has 0 aliphatic carbocycles. The van der Waals surface area contributed by atoms with Gasteiger partial charge in [0.1, 0.15) is 0 Å². The van der Waals surface area contributed by atoms with Crippen molar-refractivity contribution in [3.8, 4) is 0 Å². The molecule has 0 radical (unpaired) electrons. The van der Waals surface area contributed by atoms with Gasteiger partial charge in [-0.2, -0.15) is 5.10 Å². The Morgan fingerprint density at radius 3 is 3.00 bits per heavy atom. The normalized spacial score (nSPS) is 10.4. The lowest BCUT2D eigenvalue weighted by molar-refractivity contribution is -0.380. The summed E-state index contributed by atoms with van der Waals surface area (Å²) in [6, 6.07) is 3.12. The third-order valence-electron chi connectivity index (χ3n) is 1.11. The van der Waals surface area contributed by atoms with Crippen molar-refractivity contribution in [3.63, 3.8) is 0 Å². The molecule has 0 atom stereocenters. The van der Waals surface area contributed by atoms with E-state index in [1.807, 2.05) is 0 Å². The summed E-state index contributed by atoms with van der Waals surface area (Å²) in [5.74, 6) is 0. The molecule has 1 aromatic rings. The zero-order valence-corrected chi connectivity index (χ0v) is 7.17. The summed E-state index contributed by atoms with van der Waals surface area (Å²) in [6.45, 7) is 0. The van der Waals surface area contributed by atoms with Gasteiger partial charge in [0, 0.05) is 13.1 Å². The van der Waals surface area contributed by atoms with E-state index in [0.29, 0.717) is 0 Å². The van der Waals surface area contributed by atoms with Crippen molar-refractivity contribution in [3.05, 3.63) is 27.1 Å². The molecular weight excluding hydrogens is 178 g/mol. The Kier molecular flexibility index (Phi) is 2.76. The molecule has 12 heavy (non-hydrogen) atoms. The summed E-state index contributed by atoms with van der Waals surface area (Å²) < 4.78 is 0. The van der Waals surface area contributed by atoms with E-state index in [1.54, 1.807) is 13.1 Å². The van der Waals surface area contributed by atoms with E-state index in [1.165, 1.54) is 12.3 Å². The van der Waals surface area contributed by atoms with E-state index in [4.69, 9.17) is 0 Å². The highest BCUT2D eigenvalue weighted by atomic mass is 32.1. The minimum Gasteiger partial charge on any atom is -0.313 e. The van der Waals surface area contributed by atoms with Gasteiger partial charge in [0.15, 0.2) is 0 Å². The van der Waals surface area contributed by atoms with Gasteiger partial charge in [0.25, 0.3) is 0 Å². The Bertz CT molecular complexity index is 307. The third-order valence-corrected chi connectivity index (χ3v) is 2.08. The number of hydrogen-bond acceptors (Lipinski definition) is 5. The van der Waals surface area contributed by atoms with E-state index in [9.17, 15) is 10.1 Å². The molecule has 0 saturated carbocycles. The second-order valence-corrected chi connectivity index (χ2v) is 3.01. The van der Waals surface area contributed by atoms with Crippen molar-refractivity contribution in [1.29, 1.82) is 0 Å². The van der Waals surface area contributed by atoms with Crippen LogP contribution in [0.2, 0.25) is 0 Å². The molecule has 0 aliphatic rings. The predicted molar refractivity (Wildman–Crippen MR) is 47.6 cm³/mol. The topological polar surface area (TPSA) is 67.5 Å². The largest absolute Gasteiger partial charge is 0.324 e. The monoisotopic (exact) mass is 185 g/mol. The fraction of sp³-hybridized carbons (Fsp3) is 0.167. The van der Waals surface area contributed by atoms with Crippen LogP contribution in [0, 0.1) is 10.1 Å². The molecule has 0 unspecified atom stereocenters. The molecule has 1 rings (SSSR count). The highest BCUT2D eigenvalue weighted by molar-refractivity contribution is 7.16. The van der Waals surface area contributed by atoms with Crippen LogP contribution in [0.25, 0.3) is 0 Å². The maximum Gasteiger partial charge on any atom is 0.324 e. The lowest BCUT2D eigenvalue weighted by Gasteiger charge is -1.83. The van der Waals surface area contributed by atoms with Gasteiger partial charge in [-0.25, -0.2) is 0 Å². The first-order valence-corrected chi connectivity index (χ1v) is 3.99. The zero-order valence-electron chi connectivity index (χ0n) is 6.35. The molecule has 1 aromatic heterocycles. The van der Waals surface area contributed by atoms with E-state index in [2.05, 4.69) is 10.5 Å². The summed E-state index contributed by atoms with van der Waals surface area (Å²) in [4.78, 5) is 10.6. The van der Waals surface area contributed by atoms with Crippen LogP contribution >= 0.6 is 11.3 Å². The van der Waals surface area contributed by atoms with Gasteiger partial charge in [-0.1, -0.05) is 11.3 Å². The first-order chi connectivity index (χ1) is 5.74. The maximum absolute atomic E-state index is 10.2. The first-order valence-electron chi connectivity index (χ1n) is 3.18. The Morgan fingerprint density at radius 2 is 2.50 bits per heavy atom. The van der Waals surface area contributed by atoms with Crippen LogP contribution in [0.3, 0.4) is 0 Å². The number of nitrogens with one attached hydrogen (secondary N) is 1. The summed E-state index contributed by atoms with van der Waals surface area (Å²) >= 11 is 1.09. The van der Waals surface area contributed by atoms with Gasteiger partial charge in [-0.3, -0.25) is 10.1 Å². The molecule has 6 heteroatoms. The molecule has 0 fully saturated rings. The molecule has 0 saturated heterocycles. The van der Waals surface area contributed by atoms with Gasteiger partial charge < -0.3 is 5.43 Å². The Balaban J connectivity index is 2.77. The summed E-state index contributed by atoms with van der Waals surface area (Å²) in [5, 5.41) is 14.1. The standard InChI is InChI=1S/C6H7N3O2S/c1-7-8-4-5-2-3-6(12-5)9(10)11/h2-4,7H,1H3/b8-4-. The van der Waals surface area contributed by atoms with Crippen LogP contribution in [0.1, 0.15) is 4.88 Å². The number of hydrogen-bond donors (Lipinski definition) is 1. The smallest absolute Gasteiger partial charge is 0.313 e. The number of nitro groups is 1. The molecule has 1 N–H and O–H groups in total. The van der Waals surface area contributed by atoms with E-state index < -0.39 is 4.92 Å². The van der Waals surface area contributed by atoms with Gasteiger partial charge in [0.2, 0.25) is 0 Å². The van der Waals surface area contributed by atoms with Gasteiger partial charge in [-0.05, 0) is 6.07 Å². The highest BCUT2D eigenvalue weighted by Gasteiger charge is 2.07. The molecule has 64 valence electrons.